The Morgan fingerprint density at radius 3 is 2.74 bits per heavy atom. The lowest BCUT2D eigenvalue weighted by molar-refractivity contribution is -0.384. The molecule has 2 N–H and O–H groups in total. The normalized spacial score (nSPS) is 18.7. The number of aromatic nitrogens is 2. The predicted molar refractivity (Wildman–Crippen MR) is 69.0 cm³/mol. The van der Waals surface area contributed by atoms with Crippen molar-refractivity contribution in [2.75, 3.05) is 11.9 Å². The Bertz CT molecular complexity index is 523. The van der Waals surface area contributed by atoms with Crippen molar-refractivity contribution in [1.82, 2.24) is 15.1 Å². The Labute approximate surface area is 110 Å². The minimum Gasteiger partial charge on any atom is -0.360 e. The van der Waals surface area contributed by atoms with Crippen LogP contribution in [-0.4, -0.2) is 33.2 Å². The molecule has 1 unspecified atom stereocenters. The summed E-state index contributed by atoms with van der Waals surface area (Å²) in [6.07, 6.45) is 0.319. The number of carbonyl (C=O) groups is 1. The van der Waals surface area contributed by atoms with Gasteiger partial charge in [-0.3, -0.25) is 14.9 Å². The summed E-state index contributed by atoms with van der Waals surface area (Å²) in [7, 11) is 1.66. The van der Waals surface area contributed by atoms with Gasteiger partial charge in [0, 0.05) is 25.9 Å². The summed E-state index contributed by atoms with van der Waals surface area (Å²) in [5.41, 5.74) is 0.448. The highest BCUT2D eigenvalue weighted by Gasteiger charge is 2.31. The van der Waals surface area contributed by atoms with E-state index in [0.29, 0.717) is 24.5 Å². The van der Waals surface area contributed by atoms with Gasteiger partial charge >= 0.3 is 5.69 Å². The Morgan fingerprint density at radius 1 is 1.58 bits per heavy atom. The number of rotatable bonds is 4. The molecule has 1 fully saturated rings. The SMILES string of the molecule is CC(C)c1nn(C)c(NC2CNC(=O)C2)c1[N+](=O)[O-]. The van der Waals surface area contributed by atoms with Gasteiger partial charge in [0.05, 0.1) is 11.0 Å². The van der Waals surface area contributed by atoms with Gasteiger partial charge in [0.25, 0.3) is 0 Å². The van der Waals surface area contributed by atoms with Crippen molar-refractivity contribution in [3.8, 4) is 0 Å². The molecule has 0 bridgehead atoms. The van der Waals surface area contributed by atoms with E-state index in [1.165, 1.54) is 4.68 Å². The summed E-state index contributed by atoms with van der Waals surface area (Å²) in [5.74, 6) is 0.270. The van der Waals surface area contributed by atoms with Gasteiger partial charge in [0.2, 0.25) is 11.7 Å². The van der Waals surface area contributed by atoms with Crippen molar-refractivity contribution in [3.63, 3.8) is 0 Å². The van der Waals surface area contributed by atoms with E-state index < -0.39 is 4.92 Å². The van der Waals surface area contributed by atoms with E-state index in [0.717, 1.165) is 0 Å². The first-order chi connectivity index (χ1) is 8.90. The number of nitrogens with zero attached hydrogens (tertiary/aromatic N) is 3. The van der Waals surface area contributed by atoms with Crippen LogP contribution in [0.15, 0.2) is 0 Å². The van der Waals surface area contributed by atoms with E-state index in [4.69, 9.17) is 0 Å². The largest absolute Gasteiger partial charge is 0.360 e. The van der Waals surface area contributed by atoms with Gasteiger partial charge in [0.1, 0.15) is 5.69 Å². The number of carbonyl (C=O) groups excluding carboxylic acids is 1. The lowest BCUT2D eigenvalue weighted by atomic mass is 10.1. The Morgan fingerprint density at radius 2 is 2.26 bits per heavy atom. The van der Waals surface area contributed by atoms with Crippen LogP contribution in [0.4, 0.5) is 11.5 Å². The van der Waals surface area contributed by atoms with Crippen LogP contribution in [0.2, 0.25) is 0 Å². The zero-order valence-corrected chi connectivity index (χ0v) is 11.1. The maximum atomic E-state index is 11.2. The summed E-state index contributed by atoms with van der Waals surface area (Å²) >= 11 is 0. The molecule has 0 aliphatic carbocycles. The third kappa shape index (κ3) is 2.51. The second-order valence-electron chi connectivity index (χ2n) is 4.97. The Kier molecular flexibility index (Phi) is 3.41. The fourth-order valence-corrected chi connectivity index (χ4v) is 2.16. The fourth-order valence-electron chi connectivity index (χ4n) is 2.16. The summed E-state index contributed by atoms with van der Waals surface area (Å²) in [4.78, 5) is 22.0. The molecular formula is C11H17N5O3. The van der Waals surface area contributed by atoms with E-state index in [1.807, 2.05) is 13.8 Å². The first kappa shape index (κ1) is 13.3. The molecule has 0 spiro atoms. The highest BCUT2D eigenvalue weighted by atomic mass is 16.6. The number of amides is 1. The van der Waals surface area contributed by atoms with Crippen molar-refractivity contribution in [3.05, 3.63) is 15.8 Å². The van der Waals surface area contributed by atoms with Gasteiger partial charge in [-0.25, -0.2) is 4.68 Å². The molecule has 1 saturated heterocycles. The quantitative estimate of drug-likeness (QED) is 0.619. The van der Waals surface area contributed by atoms with Crippen LogP contribution >= 0.6 is 0 Å². The molecule has 2 heterocycles. The van der Waals surface area contributed by atoms with Gasteiger partial charge in [-0.15, -0.1) is 0 Å². The maximum absolute atomic E-state index is 11.2. The third-order valence-electron chi connectivity index (χ3n) is 3.10. The predicted octanol–water partition coefficient (Wildman–Crippen LogP) is 0.752. The lowest BCUT2D eigenvalue weighted by Crippen LogP contribution is -2.24. The first-order valence-electron chi connectivity index (χ1n) is 6.14. The average molecular weight is 267 g/mol. The van der Waals surface area contributed by atoms with Crippen LogP contribution in [-0.2, 0) is 11.8 Å². The van der Waals surface area contributed by atoms with Crippen molar-refractivity contribution < 1.29 is 9.72 Å². The van der Waals surface area contributed by atoms with Crippen LogP contribution in [0.1, 0.15) is 31.9 Å². The molecule has 1 aromatic rings. The molecular weight excluding hydrogens is 250 g/mol. The molecule has 2 rings (SSSR count). The van der Waals surface area contributed by atoms with E-state index in [-0.39, 0.29) is 23.6 Å². The highest BCUT2D eigenvalue weighted by molar-refractivity contribution is 5.80. The molecule has 0 radical (unpaired) electrons. The minimum atomic E-state index is -0.422. The monoisotopic (exact) mass is 267 g/mol. The van der Waals surface area contributed by atoms with Crippen LogP contribution < -0.4 is 10.6 Å². The number of aryl methyl sites for hydroxylation is 1. The van der Waals surface area contributed by atoms with Crippen LogP contribution in [0.3, 0.4) is 0 Å². The fraction of sp³-hybridized carbons (Fsp3) is 0.636. The molecule has 0 aromatic carbocycles. The molecule has 1 amide bonds. The number of nitrogens with one attached hydrogen (secondary N) is 2. The molecule has 8 heteroatoms. The minimum absolute atomic E-state index is 0.00292. The number of hydrogen-bond donors (Lipinski definition) is 2. The van der Waals surface area contributed by atoms with E-state index in [9.17, 15) is 14.9 Å². The molecule has 1 aliphatic heterocycles. The van der Waals surface area contributed by atoms with Crippen molar-refractivity contribution in [2.24, 2.45) is 7.05 Å². The van der Waals surface area contributed by atoms with Gasteiger partial charge in [-0.05, 0) is 0 Å². The van der Waals surface area contributed by atoms with Gasteiger partial charge in [-0.1, -0.05) is 13.8 Å². The zero-order chi connectivity index (χ0) is 14.2. The molecule has 1 aliphatic rings. The Balaban J connectivity index is 2.33. The van der Waals surface area contributed by atoms with Gasteiger partial charge in [-0.2, -0.15) is 5.10 Å². The molecule has 1 atom stereocenters. The summed E-state index contributed by atoms with van der Waals surface area (Å²) in [5, 5.41) is 21.2. The van der Waals surface area contributed by atoms with Crippen molar-refractivity contribution in [1.29, 1.82) is 0 Å². The van der Waals surface area contributed by atoms with Gasteiger partial charge in [0.15, 0.2) is 0 Å². The second-order valence-corrected chi connectivity index (χ2v) is 4.97. The molecule has 1 aromatic heterocycles. The van der Waals surface area contributed by atoms with Crippen LogP contribution in [0, 0.1) is 10.1 Å². The topological polar surface area (TPSA) is 102 Å². The second kappa shape index (κ2) is 4.87. The highest BCUT2D eigenvalue weighted by Crippen LogP contribution is 2.33. The van der Waals surface area contributed by atoms with E-state index >= 15 is 0 Å². The van der Waals surface area contributed by atoms with Gasteiger partial charge < -0.3 is 10.6 Å². The smallest absolute Gasteiger partial charge is 0.334 e. The summed E-state index contributed by atoms with van der Waals surface area (Å²) in [6.45, 7) is 4.19. The molecule has 104 valence electrons. The maximum Gasteiger partial charge on any atom is 0.334 e. The van der Waals surface area contributed by atoms with Crippen molar-refractivity contribution in [2.45, 2.75) is 32.2 Å². The summed E-state index contributed by atoms with van der Waals surface area (Å²) in [6, 6.07) is -0.137. The average Bonchev–Trinajstić information content (AvgIpc) is 2.84. The third-order valence-corrected chi connectivity index (χ3v) is 3.10. The van der Waals surface area contributed by atoms with Crippen LogP contribution in [0.5, 0.6) is 0 Å². The standard InChI is InChI=1S/C11H17N5O3/c1-6(2)9-10(16(18)19)11(15(3)14-9)13-7-4-8(17)12-5-7/h6-7,13H,4-5H2,1-3H3,(H,12,17). The van der Waals surface area contributed by atoms with E-state index in [1.54, 1.807) is 7.05 Å². The molecule has 0 saturated carbocycles. The zero-order valence-electron chi connectivity index (χ0n) is 11.1. The number of nitro groups is 1. The molecule has 19 heavy (non-hydrogen) atoms. The summed E-state index contributed by atoms with van der Waals surface area (Å²) < 4.78 is 1.47. The van der Waals surface area contributed by atoms with Crippen molar-refractivity contribution >= 4 is 17.4 Å². The van der Waals surface area contributed by atoms with Crippen LogP contribution in [0.25, 0.3) is 0 Å². The first-order valence-corrected chi connectivity index (χ1v) is 6.14. The Hall–Kier alpha value is -2.12. The lowest BCUT2D eigenvalue weighted by Gasteiger charge is -2.11. The van der Waals surface area contributed by atoms with E-state index in [2.05, 4.69) is 15.7 Å². The number of hydrogen-bond acceptors (Lipinski definition) is 5. The number of anilines is 1. The molecule has 8 nitrogen and oxygen atoms in total.